The van der Waals surface area contributed by atoms with Crippen molar-refractivity contribution in [1.29, 1.82) is 0 Å². The van der Waals surface area contributed by atoms with Gasteiger partial charge in [-0.1, -0.05) is 19.1 Å². The molecule has 3 nitrogen and oxygen atoms in total. The molecule has 2 N–H and O–H groups in total. The number of benzene rings is 1. The van der Waals surface area contributed by atoms with Gasteiger partial charge in [-0.2, -0.15) is 0 Å². The Bertz CT molecular complexity index is 442. The minimum Gasteiger partial charge on any atom is -0.335 e. The van der Waals surface area contributed by atoms with Crippen LogP contribution in [0, 0.1) is 11.7 Å². The summed E-state index contributed by atoms with van der Waals surface area (Å²) in [6.07, 6.45) is 2.84. The van der Waals surface area contributed by atoms with Gasteiger partial charge in [0, 0.05) is 19.1 Å². The van der Waals surface area contributed by atoms with E-state index in [1.807, 2.05) is 17.9 Å². The van der Waals surface area contributed by atoms with Crippen molar-refractivity contribution in [3.63, 3.8) is 0 Å². The van der Waals surface area contributed by atoms with E-state index >= 15 is 0 Å². The van der Waals surface area contributed by atoms with E-state index in [1.165, 1.54) is 12.1 Å². The first-order valence-electron chi connectivity index (χ1n) is 6.90. The Labute approximate surface area is 113 Å². The highest BCUT2D eigenvalue weighted by atomic mass is 19.1. The number of hydrogen-bond donors (Lipinski definition) is 1. The van der Waals surface area contributed by atoms with Crippen LogP contribution < -0.4 is 5.73 Å². The molecule has 1 atom stereocenters. The van der Waals surface area contributed by atoms with Crippen LogP contribution in [0.1, 0.15) is 31.7 Å². The van der Waals surface area contributed by atoms with E-state index < -0.39 is 0 Å². The van der Waals surface area contributed by atoms with Crippen LogP contribution in [-0.2, 0) is 11.3 Å². The second kappa shape index (κ2) is 6.15. The summed E-state index contributed by atoms with van der Waals surface area (Å²) >= 11 is 0. The van der Waals surface area contributed by atoms with E-state index in [1.54, 1.807) is 6.07 Å². The Balaban J connectivity index is 2.10. The Hall–Kier alpha value is -1.42. The van der Waals surface area contributed by atoms with Crippen molar-refractivity contribution in [1.82, 2.24) is 4.90 Å². The molecule has 2 rings (SSSR count). The van der Waals surface area contributed by atoms with Crippen molar-refractivity contribution in [2.24, 2.45) is 11.7 Å². The molecule has 0 spiro atoms. The molecule has 0 aromatic heterocycles. The summed E-state index contributed by atoms with van der Waals surface area (Å²) in [5, 5.41) is 0. The van der Waals surface area contributed by atoms with Gasteiger partial charge in [-0.25, -0.2) is 4.39 Å². The number of rotatable bonds is 6. The number of halogens is 1. The summed E-state index contributed by atoms with van der Waals surface area (Å²) < 4.78 is 13.2. The largest absolute Gasteiger partial charge is 0.335 e. The van der Waals surface area contributed by atoms with Gasteiger partial charge in [0.1, 0.15) is 5.82 Å². The first-order chi connectivity index (χ1) is 9.15. The average Bonchev–Trinajstić information content (AvgIpc) is 3.21. The fourth-order valence-corrected chi connectivity index (χ4v) is 2.28. The van der Waals surface area contributed by atoms with Crippen LogP contribution in [0.15, 0.2) is 24.3 Å². The van der Waals surface area contributed by atoms with E-state index in [4.69, 9.17) is 5.73 Å². The number of amides is 1. The number of carbonyl (C=O) groups excluding carboxylic acids is 1. The molecule has 0 heterocycles. The lowest BCUT2D eigenvalue weighted by Crippen LogP contribution is -2.39. The van der Waals surface area contributed by atoms with Crippen molar-refractivity contribution < 1.29 is 9.18 Å². The maximum Gasteiger partial charge on any atom is 0.227 e. The van der Waals surface area contributed by atoms with E-state index in [-0.39, 0.29) is 17.6 Å². The lowest BCUT2D eigenvalue weighted by molar-refractivity contribution is -0.136. The van der Waals surface area contributed by atoms with Gasteiger partial charge in [-0.05, 0) is 37.0 Å². The standard InChI is InChI=1S/C15H21FN2O/c1-2-12(9-17)15(19)18(14-6-7-14)10-11-4-3-5-13(16)8-11/h3-5,8,12,14H,2,6-7,9-10,17H2,1H3. The predicted molar refractivity (Wildman–Crippen MR) is 72.8 cm³/mol. The van der Waals surface area contributed by atoms with E-state index in [0.29, 0.717) is 19.1 Å². The molecule has 1 aromatic rings. The van der Waals surface area contributed by atoms with Gasteiger partial charge in [0.25, 0.3) is 0 Å². The van der Waals surface area contributed by atoms with Crippen molar-refractivity contribution in [3.8, 4) is 0 Å². The Morgan fingerprint density at radius 3 is 2.79 bits per heavy atom. The lowest BCUT2D eigenvalue weighted by Gasteiger charge is -2.26. The van der Waals surface area contributed by atoms with Crippen molar-refractivity contribution in [2.45, 2.75) is 38.8 Å². The minimum absolute atomic E-state index is 0.108. The fourth-order valence-electron chi connectivity index (χ4n) is 2.28. The molecular formula is C15H21FN2O. The summed E-state index contributed by atoms with van der Waals surface area (Å²) in [7, 11) is 0. The molecule has 104 valence electrons. The molecule has 0 bridgehead atoms. The number of nitrogens with two attached hydrogens (primary N) is 1. The van der Waals surface area contributed by atoms with Crippen LogP contribution in [0.5, 0.6) is 0 Å². The SMILES string of the molecule is CCC(CN)C(=O)N(Cc1cccc(F)c1)C1CC1. The first kappa shape index (κ1) is 14.0. The number of hydrogen-bond acceptors (Lipinski definition) is 2. The summed E-state index contributed by atoms with van der Waals surface area (Å²) in [5.41, 5.74) is 6.49. The zero-order valence-corrected chi connectivity index (χ0v) is 11.3. The Morgan fingerprint density at radius 1 is 1.53 bits per heavy atom. The fraction of sp³-hybridized carbons (Fsp3) is 0.533. The summed E-state index contributed by atoms with van der Waals surface area (Å²) in [5.74, 6) is -0.266. The highest BCUT2D eigenvalue weighted by molar-refractivity contribution is 5.79. The van der Waals surface area contributed by atoms with Crippen LogP contribution >= 0.6 is 0 Å². The maximum absolute atomic E-state index is 13.2. The van der Waals surface area contributed by atoms with Crippen LogP contribution in [0.25, 0.3) is 0 Å². The molecule has 0 radical (unpaired) electrons. The van der Waals surface area contributed by atoms with Crippen molar-refractivity contribution in [2.75, 3.05) is 6.54 Å². The second-order valence-electron chi connectivity index (χ2n) is 5.17. The van der Waals surface area contributed by atoms with Crippen LogP contribution in [0.3, 0.4) is 0 Å². The quantitative estimate of drug-likeness (QED) is 0.857. The third kappa shape index (κ3) is 3.53. The highest BCUT2D eigenvalue weighted by Gasteiger charge is 2.34. The van der Waals surface area contributed by atoms with Crippen LogP contribution in [-0.4, -0.2) is 23.4 Å². The smallest absolute Gasteiger partial charge is 0.227 e. The van der Waals surface area contributed by atoms with Gasteiger partial charge in [-0.15, -0.1) is 0 Å². The minimum atomic E-state index is -0.258. The molecular weight excluding hydrogens is 243 g/mol. The topological polar surface area (TPSA) is 46.3 Å². The average molecular weight is 264 g/mol. The van der Waals surface area contributed by atoms with Gasteiger partial charge in [0.15, 0.2) is 0 Å². The molecule has 1 saturated carbocycles. The third-order valence-electron chi connectivity index (χ3n) is 3.64. The molecule has 1 amide bonds. The zero-order chi connectivity index (χ0) is 13.8. The van der Waals surface area contributed by atoms with Crippen molar-refractivity contribution >= 4 is 5.91 Å². The predicted octanol–water partition coefficient (Wildman–Crippen LogP) is 2.30. The molecule has 4 heteroatoms. The van der Waals surface area contributed by atoms with Gasteiger partial charge in [0.2, 0.25) is 5.91 Å². The van der Waals surface area contributed by atoms with Crippen LogP contribution in [0.2, 0.25) is 0 Å². The molecule has 1 unspecified atom stereocenters. The van der Waals surface area contributed by atoms with Crippen molar-refractivity contribution in [3.05, 3.63) is 35.6 Å². The Morgan fingerprint density at radius 2 is 2.26 bits per heavy atom. The third-order valence-corrected chi connectivity index (χ3v) is 3.64. The Kier molecular flexibility index (Phi) is 4.53. The van der Waals surface area contributed by atoms with Gasteiger partial charge < -0.3 is 10.6 Å². The second-order valence-corrected chi connectivity index (χ2v) is 5.17. The summed E-state index contributed by atoms with van der Waals surface area (Å²) in [4.78, 5) is 14.3. The van der Waals surface area contributed by atoms with E-state index in [0.717, 1.165) is 24.8 Å². The van der Waals surface area contributed by atoms with Gasteiger partial charge in [-0.3, -0.25) is 4.79 Å². The molecule has 1 fully saturated rings. The van der Waals surface area contributed by atoms with Gasteiger partial charge >= 0.3 is 0 Å². The zero-order valence-electron chi connectivity index (χ0n) is 11.3. The molecule has 0 saturated heterocycles. The summed E-state index contributed by atoms with van der Waals surface area (Å²) in [6.45, 7) is 2.84. The van der Waals surface area contributed by atoms with Gasteiger partial charge in [0.05, 0.1) is 5.92 Å². The summed E-state index contributed by atoms with van der Waals surface area (Å²) in [6, 6.07) is 6.76. The van der Waals surface area contributed by atoms with Crippen LogP contribution in [0.4, 0.5) is 4.39 Å². The molecule has 0 aliphatic heterocycles. The lowest BCUT2D eigenvalue weighted by atomic mass is 10.0. The normalized spacial score (nSPS) is 16.2. The first-order valence-corrected chi connectivity index (χ1v) is 6.90. The number of nitrogens with zero attached hydrogens (tertiary/aromatic N) is 1. The molecule has 1 aliphatic rings. The van der Waals surface area contributed by atoms with E-state index in [2.05, 4.69) is 0 Å². The monoisotopic (exact) mass is 264 g/mol. The highest BCUT2D eigenvalue weighted by Crippen LogP contribution is 2.30. The maximum atomic E-state index is 13.2. The molecule has 1 aromatic carbocycles. The molecule has 1 aliphatic carbocycles. The number of carbonyl (C=O) groups is 1. The van der Waals surface area contributed by atoms with E-state index in [9.17, 15) is 9.18 Å². The molecule has 19 heavy (non-hydrogen) atoms.